The maximum atomic E-state index is 5.52. The van der Waals surface area contributed by atoms with E-state index in [1.807, 2.05) is 6.92 Å². The first-order valence-electron chi connectivity index (χ1n) is 6.81. The third-order valence-corrected chi connectivity index (χ3v) is 3.30. The molecule has 0 saturated heterocycles. The van der Waals surface area contributed by atoms with Crippen molar-refractivity contribution >= 4 is 0 Å². The van der Waals surface area contributed by atoms with Gasteiger partial charge in [0.05, 0.1) is 6.61 Å². The van der Waals surface area contributed by atoms with E-state index in [9.17, 15) is 0 Å². The topological polar surface area (TPSA) is 9.23 Å². The van der Waals surface area contributed by atoms with Crippen molar-refractivity contribution in [2.45, 2.75) is 47.0 Å². The van der Waals surface area contributed by atoms with Gasteiger partial charge in [0.2, 0.25) is 0 Å². The highest BCUT2D eigenvalue weighted by molar-refractivity contribution is 5.37. The summed E-state index contributed by atoms with van der Waals surface area (Å²) in [6.07, 6.45) is 0.930. The van der Waals surface area contributed by atoms with Crippen molar-refractivity contribution in [1.82, 2.24) is 0 Å². The first kappa shape index (κ1) is 14.6. The van der Waals surface area contributed by atoms with Crippen molar-refractivity contribution in [2.75, 3.05) is 6.61 Å². The third-order valence-electron chi connectivity index (χ3n) is 3.30. The standard InChI is InChI=1S/C17H24O/c1-6-8-9-13(3)15(5)17-11-10-16(18-7-2)12-14(17)4/h10-13,15H,6-7H2,1-5H3. The molecule has 1 nitrogen and oxygen atoms in total. The van der Waals surface area contributed by atoms with Crippen LogP contribution in [0.3, 0.4) is 0 Å². The quantitative estimate of drug-likeness (QED) is 0.706. The Labute approximate surface area is 112 Å². The number of benzene rings is 1. The number of aryl methyl sites for hydroxylation is 1. The second-order valence-electron chi connectivity index (χ2n) is 4.70. The van der Waals surface area contributed by atoms with Crippen LogP contribution in [0.2, 0.25) is 0 Å². The van der Waals surface area contributed by atoms with Gasteiger partial charge in [0.25, 0.3) is 0 Å². The molecule has 0 aromatic heterocycles. The molecule has 2 atom stereocenters. The fourth-order valence-corrected chi connectivity index (χ4v) is 2.07. The first-order valence-corrected chi connectivity index (χ1v) is 6.81. The van der Waals surface area contributed by atoms with Gasteiger partial charge in [-0.25, -0.2) is 0 Å². The lowest BCUT2D eigenvalue weighted by Crippen LogP contribution is -2.06. The van der Waals surface area contributed by atoms with Crippen LogP contribution < -0.4 is 4.74 Å². The lowest BCUT2D eigenvalue weighted by Gasteiger charge is -2.18. The highest BCUT2D eigenvalue weighted by atomic mass is 16.5. The third kappa shape index (κ3) is 3.81. The van der Waals surface area contributed by atoms with E-state index < -0.39 is 0 Å². The predicted molar refractivity (Wildman–Crippen MR) is 78.0 cm³/mol. The van der Waals surface area contributed by atoms with Crippen molar-refractivity contribution in [2.24, 2.45) is 5.92 Å². The van der Waals surface area contributed by atoms with Gasteiger partial charge in [-0.15, -0.1) is 5.92 Å². The van der Waals surface area contributed by atoms with Gasteiger partial charge >= 0.3 is 0 Å². The van der Waals surface area contributed by atoms with Crippen LogP contribution in [0.1, 0.15) is 51.2 Å². The second kappa shape index (κ2) is 7.11. The molecule has 0 saturated carbocycles. The Morgan fingerprint density at radius 3 is 2.50 bits per heavy atom. The summed E-state index contributed by atoms with van der Waals surface area (Å²) in [5.74, 6) is 8.30. The van der Waals surface area contributed by atoms with Gasteiger partial charge in [0, 0.05) is 12.3 Å². The molecule has 0 aliphatic heterocycles. The first-order chi connectivity index (χ1) is 8.60. The van der Waals surface area contributed by atoms with Crippen molar-refractivity contribution < 1.29 is 4.74 Å². The minimum Gasteiger partial charge on any atom is -0.494 e. The van der Waals surface area contributed by atoms with Gasteiger partial charge in [0.1, 0.15) is 5.75 Å². The smallest absolute Gasteiger partial charge is 0.119 e. The van der Waals surface area contributed by atoms with Crippen molar-refractivity contribution in [3.63, 3.8) is 0 Å². The number of hydrogen-bond donors (Lipinski definition) is 0. The summed E-state index contributed by atoms with van der Waals surface area (Å²) in [6.45, 7) is 11.4. The highest BCUT2D eigenvalue weighted by Crippen LogP contribution is 2.28. The Balaban J connectivity index is 2.89. The Morgan fingerprint density at radius 1 is 1.22 bits per heavy atom. The van der Waals surface area contributed by atoms with Crippen LogP contribution in [-0.4, -0.2) is 6.61 Å². The lowest BCUT2D eigenvalue weighted by molar-refractivity contribution is 0.340. The Hall–Kier alpha value is -1.42. The van der Waals surface area contributed by atoms with Crippen molar-refractivity contribution in [3.05, 3.63) is 29.3 Å². The Kier molecular flexibility index (Phi) is 5.78. The fourth-order valence-electron chi connectivity index (χ4n) is 2.07. The summed E-state index contributed by atoms with van der Waals surface area (Å²) in [5, 5.41) is 0. The van der Waals surface area contributed by atoms with E-state index in [0.717, 1.165) is 12.2 Å². The van der Waals surface area contributed by atoms with Crippen molar-refractivity contribution in [1.29, 1.82) is 0 Å². The summed E-state index contributed by atoms with van der Waals surface area (Å²) >= 11 is 0. The van der Waals surface area contributed by atoms with Crippen LogP contribution in [0.15, 0.2) is 18.2 Å². The van der Waals surface area contributed by atoms with E-state index in [2.05, 4.69) is 57.7 Å². The van der Waals surface area contributed by atoms with E-state index in [4.69, 9.17) is 4.74 Å². The fraction of sp³-hybridized carbons (Fsp3) is 0.529. The van der Waals surface area contributed by atoms with Gasteiger partial charge in [-0.1, -0.05) is 32.8 Å². The Morgan fingerprint density at radius 2 is 1.94 bits per heavy atom. The maximum Gasteiger partial charge on any atom is 0.119 e. The summed E-state index contributed by atoms with van der Waals surface area (Å²) in [6, 6.07) is 6.35. The van der Waals surface area contributed by atoms with Crippen LogP contribution in [0.5, 0.6) is 5.75 Å². The summed E-state index contributed by atoms with van der Waals surface area (Å²) in [7, 11) is 0. The predicted octanol–water partition coefficient (Wildman–Crippen LogP) is 4.55. The number of hydrogen-bond acceptors (Lipinski definition) is 1. The second-order valence-corrected chi connectivity index (χ2v) is 4.70. The molecule has 0 bridgehead atoms. The van der Waals surface area contributed by atoms with Gasteiger partial charge in [-0.3, -0.25) is 0 Å². The zero-order valence-corrected chi connectivity index (χ0v) is 12.2. The van der Waals surface area contributed by atoms with Crippen molar-refractivity contribution in [3.8, 4) is 17.6 Å². The lowest BCUT2D eigenvalue weighted by atomic mass is 9.86. The molecule has 1 heteroatoms. The molecule has 2 unspecified atom stereocenters. The average Bonchev–Trinajstić information content (AvgIpc) is 2.35. The number of ether oxygens (including phenoxy) is 1. The molecule has 0 fully saturated rings. The molecule has 0 N–H and O–H groups in total. The van der Waals surface area contributed by atoms with E-state index in [0.29, 0.717) is 18.4 Å². The van der Waals surface area contributed by atoms with Crippen LogP contribution in [0, 0.1) is 24.7 Å². The molecule has 0 spiro atoms. The molecule has 0 aliphatic rings. The van der Waals surface area contributed by atoms with Crippen LogP contribution in [0.4, 0.5) is 0 Å². The zero-order valence-electron chi connectivity index (χ0n) is 12.2. The van der Waals surface area contributed by atoms with Crippen LogP contribution in [0.25, 0.3) is 0 Å². The minimum absolute atomic E-state index is 0.390. The Bertz CT molecular complexity index is 437. The number of rotatable bonds is 4. The molecular formula is C17H24O. The molecular weight excluding hydrogens is 220 g/mol. The van der Waals surface area contributed by atoms with Gasteiger partial charge < -0.3 is 4.74 Å². The molecule has 0 aliphatic carbocycles. The monoisotopic (exact) mass is 244 g/mol. The maximum absolute atomic E-state index is 5.52. The molecule has 1 aromatic carbocycles. The van der Waals surface area contributed by atoms with E-state index in [1.165, 1.54) is 11.1 Å². The van der Waals surface area contributed by atoms with Gasteiger partial charge in [-0.05, 0) is 43.0 Å². The van der Waals surface area contributed by atoms with Gasteiger partial charge in [0.15, 0.2) is 0 Å². The van der Waals surface area contributed by atoms with E-state index >= 15 is 0 Å². The van der Waals surface area contributed by atoms with E-state index in [-0.39, 0.29) is 0 Å². The van der Waals surface area contributed by atoms with Crippen LogP contribution in [-0.2, 0) is 0 Å². The molecule has 18 heavy (non-hydrogen) atoms. The molecule has 0 radical (unpaired) electrons. The average molecular weight is 244 g/mol. The summed E-state index contributed by atoms with van der Waals surface area (Å²) in [5.41, 5.74) is 2.66. The molecule has 98 valence electrons. The molecule has 0 amide bonds. The van der Waals surface area contributed by atoms with Gasteiger partial charge in [-0.2, -0.15) is 0 Å². The largest absolute Gasteiger partial charge is 0.494 e. The highest BCUT2D eigenvalue weighted by Gasteiger charge is 2.14. The molecule has 1 rings (SSSR count). The zero-order chi connectivity index (χ0) is 13.5. The molecule has 1 aromatic rings. The SMILES string of the molecule is CCC#CC(C)C(C)c1ccc(OCC)cc1C. The summed E-state index contributed by atoms with van der Waals surface area (Å²) in [4.78, 5) is 0. The normalized spacial score (nSPS) is 13.4. The minimum atomic E-state index is 0.390. The van der Waals surface area contributed by atoms with Crippen LogP contribution >= 0.6 is 0 Å². The van der Waals surface area contributed by atoms with E-state index in [1.54, 1.807) is 0 Å². The summed E-state index contributed by atoms with van der Waals surface area (Å²) < 4.78 is 5.52. The molecule has 0 heterocycles.